The standard InChI is InChI=1S/C8H12N.C5H5.Fe/c1-2-7-9-8-5-3-4-6-8;1-2-4-5-3-1;/h3-6,9H,2,7H2,1H3;1-5H;/q2*-1;+2. The summed E-state index contributed by atoms with van der Waals surface area (Å²) in [5.41, 5.74) is 1.23. The summed E-state index contributed by atoms with van der Waals surface area (Å²) in [4.78, 5) is 0. The van der Waals surface area contributed by atoms with Crippen LogP contribution in [-0.4, -0.2) is 6.54 Å². The molecule has 0 aromatic heterocycles. The summed E-state index contributed by atoms with van der Waals surface area (Å²) in [6.07, 6.45) is 1.19. The van der Waals surface area contributed by atoms with E-state index in [-0.39, 0.29) is 17.1 Å². The molecule has 0 spiro atoms. The Kier molecular flexibility index (Phi) is 8.94. The van der Waals surface area contributed by atoms with E-state index in [1.807, 2.05) is 42.5 Å². The maximum absolute atomic E-state index is 3.27. The zero-order valence-electron chi connectivity index (χ0n) is 8.96. The van der Waals surface area contributed by atoms with E-state index in [0.717, 1.165) is 6.54 Å². The fourth-order valence-electron chi connectivity index (χ4n) is 1.08. The van der Waals surface area contributed by atoms with Crippen molar-refractivity contribution in [2.75, 3.05) is 11.9 Å². The van der Waals surface area contributed by atoms with Crippen molar-refractivity contribution in [3.05, 3.63) is 54.6 Å². The first-order valence-corrected chi connectivity index (χ1v) is 5.05. The Bertz CT molecular complexity index is 267. The van der Waals surface area contributed by atoms with Crippen molar-refractivity contribution in [2.45, 2.75) is 13.3 Å². The minimum Gasteiger partial charge on any atom is -0.407 e. The van der Waals surface area contributed by atoms with E-state index >= 15 is 0 Å². The quantitative estimate of drug-likeness (QED) is 0.641. The van der Waals surface area contributed by atoms with Gasteiger partial charge in [-0.1, -0.05) is 12.6 Å². The molecule has 0 aliphatic carbocycles. The van der Waals surface area contributed by atoms with Crippen LogP contribution in [0, 0.1) is 0 Å². The van der Waals surface area contributed by atoms with Gasteiger partial charge in [-0.15, -0.1) is 6.07 Å². The Hall–Kier alpha value is -0.981. The SMILES string of the molecule is CCCNc1ccc[cH-]1.[Fe+2].c1cc[cH-]c1. The van der Waals surface area contributed by atoms with Gasteiger partial charge in [-0.05, 0) is 6.42 Å². The van der Waals surface area contributed by atoms with Crippen LogP contribution in [-0.2, 0) is 17.1 Å². The second-order valence-corrected chi connectivity index (χ2v) is 3.06. The van der Waals surface area contributed by atoms with Gasteiger partial charge in [0.05, 0.1) is 0 Å². The predicted octanol–water partition coefficient (Wildman–Crippen LogP) is 3.63. The predicted molar refractivity (Wildman–Crippen MR) is 62.9 cm³/mol. The molecular formula is C13H17FeN. The largest absolute Gasteiger partial charge is 2.00 e. The fourth-order valence-corrected chi connectivity index (χ4v) is 1.08. The van der Waals surface area contributed by atoms with E-state index < -0.39 is 0 Å². The van der Waals surface area contributed by atoms with Crippen LogP contribution < -0.4 is 5.32 Å². The third-order valence-electron chi connectivity index (χ3n) is 1.80. The average molecular weight is 243 g/mol. The van der Waals surface area contributed by atoms with Crippen molar-refractivity contribution < 1.29 is 17.1 Å². The molecule has 0 heterocycles. The molecule has 82 valence electrons. The molecule has 0 bridgehead atoms. The van der Waals surface area contributed by atoms with Gasteiger partial charge in [-0.3, -0.25) is 0 Å². The number of nitrogens with one attached hydrogen (secondary N) is 1. The normalized spacial score (nSPS) is 8.33. The van der Waals surface area contributed by atoms with Gasteiger partial charge in [0, 0.05) is 6.54 Å². The van der Waals surface area contributed by atoms with E-state index in [0.29, 0.717) is 0 Å². The minimum atomic E-state index is 0. The molecular weight excluding hydrogens is 226 g/mol. The van der Waals surface area contributed by atoms with Crippen LogP contribution in [0.4, 0.5) is 5.69 Å². The van der Waals surface area contributed by atoms with E-state index in [1.54, 1.807) is 0 Å². The van der Waals surface area contributed by atoms with Gasteiger partial charge < -0.3 is 5.32 Å². The molecule has 0 atom stereocenters. The molecule has 0 saturated carbocycles. The molecule has 1 nitrogen and oxygen atoms in total. The second-order valence-electron chi connectivity index (χ2n) is 3.06. The first-order valence-electron chi connectivity index (χ1n) is 5.05. The summed E-state index contributed by atoms with van der Waals surface area (Å²) in [5.74, 6) is 0. The molecule has 0 saturated heterocycles. The van der Waals surface area contributed by atoms with E-state index in [9.17, 15) is 0 Å². The van der Waals surface area contributed by atoms with Crippen LogP contribution in [0.25, 0.3) is 0 Å². The average Bonchev–Trinajstić information content (AvgIpc) is 2.90. The maximum atomic E-state index is 3.27. The third kappa shape index (κ3) is 7.01. The summed E-state index contributed by atoms with van der Waals surface area (Å²) in [7, 11) is 0. The number of hydrogen-bond donors (Lipinski definition) is 1. The van der Waals surface area contributed by atoms with Gasteiger partial charge in [0.15, 0.2) is 0 Å². The van der Waals surface area contributed by atoms with Crippen molar-refractivity contribution in [1.82, 2.24) is 0 Å². The molecule has 2 rings (SSSR count). The van der Waals surface area contributed by atoms with Gasteiger partial charge in [-0.2, -0.15) is 30.3 Å². The van der Waals surface area contributed by atoms with Crippen LogP contribution in [0.5, 0.6) is 0 Å². The molecule has 0 aliphatic rings. The Labute approximate surface area is 103 Å². The summed E-state index contributed by atoms with van der Waals surface area (Å²) in [6, 6.07) is 18.2. The topological polar surface area (TPSA) is 12.0 Å². The molecule has 0 radical (unpaired) electrons. The zero-order chi connectivity index (χ0) is 10.1. The van der Waals surface area contributed by atoms with E-state index in [1.165, 1.54) is 12.1 Å². The first-order chi connectivity index (χ1) is 6.93. The molecule has 2 aromatic rings. The Morgan fingerprint density at radius 1 is 1.13 bits per heavy atom. The summed E-state index contributed by atoms with van der Waals surface area (Å²) in [6.45, 7) is 3.24. The minimum absolute atomic E-state index is 0. The number of anilines is 1. The molecule has 0 fully saturated rings. The Morgan fingerprint density at radius 3 is 2.27 bits per heavy atom. The molecule has 2 aromatic carbocycles. The molecule has 2 heteroatoms. The maximum Gasteiger partial charge on any atom is 2.00 e. The number of hydrogen-bond acceptors (Lipinski definition) is 1. The van der Waals surface area contributed by atoms with Crippen molar-refractivity contribution in [2.24, 2.45) is 0 Å². The van der Waals surface area contributed by atoms with E-state index in [4.69, 9.17) is 0 Å². The molecule has 15 heavy (non-hydrogen) atoms. The summed E-state index contributed by atoms with van der Waals surface area (Å²) < 4.78 is 0. The smallest absolute Gasteiger partial charge is 0.407 e. The van der Waals surface area contributed by atoms with Crippen LogP contribution >= 0.6 is 0 Å². The van der Waals surface area contributed by atoms with Gasteiger partial charge in [0.1, 0.15) is 0 Å². The van der Waals surface area contributed by atoms with Crippen molar-refractivity contribution >= 4 is 5.69 Å². The number of rotatable bonds is 3. The molecule has 0 aliphatic heterocycles. The van der Waals surface area contributed by atoms with Crippen LogP contribution in [0.1, 0.15) is 13.3 Å². The van der Waals surface area contributed by atoms with Gasteiger partial charge >= 0.3 is 17.1 Å². The van der Waals surface area contributed by atoms with Crippen molar-refractivity contribution in [3.63, 3.8) is 0 Å². The van der Waals surface area contributed by atoms with Crippen molar-refractivity contribution in [1.29, 1.82) is 0 Å². The summed E-state index contributed by atoms with van der Waals surface area (Å²) in [5, 5.41) is 3.27. The third-order valence-corrected chi connectivity index (χ3v) is 1.80. The zero-order valence-corrected chi connectivity index (χ0v) is 10.1. The van der Waals surface area contributed by atoms with Crippen LogP contribution in [0.3, 0.4) is 0 Å². The molecule has 0 amide bonds. The van der Waals surface area contributed by atoms with Crippen LogP contribution in [0.2, 0.25) is 0 Å². The fraction of sp³-hybridized carbons (Fsp3) is 0.231. The van der Waals surface area contributed by atoms with E-state index in [2.05, 4.69) is 24.4 Å². The Balaban J connectivity index is 0.000000280. The monoisotopic (exact) mass is 243 g/mol. The van der Waals surface area contributed by atoms with Crippen LogP contribution in [0.15, 0.2) is 54.6 Å². The first kappa shape index (κ1) is 14.0. The van der Waals surface area contributed by atoms with Gasteiger partial charge in [0.25, 0.3) is 0 Å². The van der Waals surface area contributed by atoms with Crippen molar-refractivity contribution in [3.8, 4) is 0 Å². The van der Waals surface area contributed by atoms with Gasteiger partial charge in [-0.25, -0.2) is 18.2 Å². The molecule has 1 N–H and O–H groups in total. The second kappa shape index (κ2) is 9.57. The molecule has 0 unspecified atom stereocenters. The van der Waals surface area contributed by atoms with Gasteiger partial charge in [0.2, 0.25) is 0 Å². The summed E-state index contributed by atoms with van der Waals surface area (Å²) >= 11 is 0. The Morgan fingerprint density at radius 2 is 1.87 bits per heavy atom.